The van der Waals surface area contributed by atoms with E-state index in [0.717, 1.165) is 0 Å². The molecule has 0 spiro atoms. The molecule has 0 aliphatic rings. The predicted octanol–water partition coefficient (Wildman–Crippen LogP) is 3.46. The third kappa shape index (κ3) is 13.3. The number of nitrogens with two attached hydrogens (primary N) is 2. The van der Waals surface area contributed by atoms with Crippen molar-refractivity contribution in [2.24, 2.45) is 0 Å². The van der Waals surface area contributed by atoms with Gasteiger partial charge in [0.15, 0.2) is 0 Å². The minimum Gasteiger partial charge on any atom is -0.384 e. The monoisotopic (exact) mass is 206 g/mol. The second kappa shape index (κ2) is 17.7. The number of hydrogen-bond donors (Lipinski definition) is 2. The molecule has 0 fully saturated rings. The predicted molar refractivity (Wildman–Crippen MR) is 71.2 cm³/mol. The van der Waals surface area contributed by atoms with Gasteiger partial charge in [-0.15, -0.1) is 0 Å². The highest BCUT2D eigenvalue weighted by Gasteiger charge is 1.84. The van der Waals surface area contributed by atoms with Gasteiger partial charge in [0.2, 0.25) is 5.95 Å². The van der Waals surface area contributed by atoms with Crippen molar-refractivity contribution in [1.82, 2.24) is 9.97 Å². The summed E-state index contributed by atoms with van der Waals surface area (Å²) in [6.45, 7) is 0. The first-order chi connectivity index (χ1) is 3.79. The molecule has 0 atom stereocenters. The molecule has 0 amide bonds. The summed E-state index contributed by atoms with van der Waals surface area (Å²) in [6.07, 6.45) is 1.51. The van der Waals surface area contributed by atoms with Gasteiger partial charge in [-0.3, -0.25) is 0 Å². The molecule has 1 rings (SSSR count). The summed E-state index contributed by atoms with van der Waals surface area (Å²) in [5, 5.41) is 0. The standard InChI is InChI=1S/C4H6N4.6CH4/c5-3-1-2-7-4(6)8-3;;;;;;/h1-2H,(H4,5,6,7,8);6*1H4. The summed E-state index contributed by atoms with van der Waals surface area (Å²) in [5.74, 6) is 0.613. The summed E-state index contributed by atoms with van der Waals surface area (Å²) in [7, 11) is 0. The van der Waals surface area contributed by atoms with Crippen LogP contribution in [0.15, 0.2) is 12.3 Å². The fourth-order valence-corrected chi connectivity index (χ4v) is 0.388. The minimum absolute atomic E-state index is 0. The molecule has 0 aliphatic carbocycles. The summed E-state index contributed by atoms with van der Waals surface area (Å²) in [5.41, 5.74) is 10.4. The maximum atomic E-state index is 5.23. The molecule has 0 unspecified atom stereocenters. The maximum absolute atomic E-state index is 5.23. The van der Waals surface area contributed by atoms with Crippen LogP contribution in [0.2, 0.25) is 0 Å². The van der Waals surface area contributed by atoms with Crippen molar-refractivity contribution >= 4 is 11.8 Å². The molecular weight excluding hydrogens is 176 g/mol. The topological polar surface area (TPSA) is 77.8 Å². The third-order valence-corrected chi connectivity index (χ3v) is 0.696. The van der Waals surface area contributed by atoms with Crippen LogP contribution in [0.3, 0.4) is 0 Å². The molecule has 4 nitrogen and oxygen atoms in total. The highest BCUT2D eigenvalue weighted by Crippen LogP contribution is 1.94. The van der Waals surface area contributed by atoms with Crippen LogP contribution in [0.1, 0.15) is 44.6 Å². The molecule has 4 N–H and O–H groups in total. The smallest absolute Gasteiger partial charge is 0.221 e. The zero-order chi connectivity index (χ0) is 5.98. The van der Waals surface area contributed by atoms with E-state index in [4.69, 9.17) is 11.5 Å². The number of aromatic nitrogens is 2. The van der Waals surface area contributed by atoms with Gasteiger partial charge in [0.25, 0.3) is 0 Å². The first kappa shape index (κ1) is 38.8. The number of anilines is 2. The normalized spacial score (nSPS) is 5.14. The van der Waals surface area contributed by atoms with E-state index in [1.54, 1.807) is 6.07 Å². The van der Waals surface area contributed by atoms with Crippen molar-refractivity contribution in [3.8, 4) is 0 Å². The van der Waals surface area contributed by atoms with E-state index >= 15 is 0 Å². The van der Waals surface area contributed by atoms with E-state index in [-0.39, 0.29) is 50.5 Å². The average molecular weight is 206 g/mol. The molecule has 0 aliphatic heterocycles. The zero-order valence-corrected chi connectivity index (χ0v) is 4.20. The van der Waals surface area contributed by atoms with Gasteiger partial charge in [-0.25, -0.2) is 4.98 Å². The molecular formula is C10H30N4. The number of nitrogen functional groups attached to an aromatic ring is 2. The zero-order valence-electron chi connectivity index (χ0n) is 4.20. The van der Waals surface area contributed by atoms with E-state index < -0.39 is 0 Å². The SMILES string of the molecule is C.C.C.C.C.C.Nc1ccnc(N)n1. The molecule has 1 heterocycles. The number of nitrogens with zero attached hydrogens (tertiary/aromatic N) is 2. The average Bonchev–Trinajstić information content (AvgIpc) is 1.64. The number of hydrogen-bond acceptors (Lipinski definition) is 4. The van der Waals surface area contributed by atoms with Crippen molar-refractivity contribution in [2.75, 3.05) is 11.5 Å². The van der Waals surface area contributed by atoms with Crippen LogP contribution < -0.4 is 11.5 Å². The summed E-state index contributed by atoms with van der Waals surface area (Å²) in [6, 6.07) is 1.58. The van der Waals surface area contributed by atoms with Crippen molar-refractivity contribution in [3.05, 3.63) is 12.3 Å². The lowest BCUT2D eigenvalue weighted by Gasteiger charge is -1.89. The Morgan fingerprint density at radius 1 is 0.857 bits per heavy atom. The lowest BCUT2D eigenvalue weighted by Crippen LogP contribution is -1.96. The fraction of sp³-hybridized carbons (Fsp3) is 0.600. The van der Waals surface area contributed by atoms with Crippen LogP contribution in [0.25, 0.3) is 0 Å². The molecule has 0 bridgehead atoms. The van der Waals surface area contributed by atoms with E-state index in [0.29, 0.717) is 5.82 Å². The lowest BCUT2D eigenvalue weighted by atomic mass is 10.6. The Morgan fingerprint density at radius 3 is 1.50 bits per heavy atom. The molecule has 0 saturated carbocycles. The molecule has 1 aromatic heterocycles. The van der Waals surface area contributed by atoms with Gasteiger partial charge in [-0.2, -0.15) is 4.98 Å². The van der Waals surface area contributed by atoms with Crippen molar-refractivity contribution in [2.45, 2.75) is 44.6 Å². The molecule has 0 saturated heterocycles. The number of rotatable bonds is 0. The van der Waals surface area contributed by atoms with Gasteiger partial charge >= 0.3 is 0 Å². The highest BCUT2D eigenvalue weighted by atomic mass is 15.0. The Kier molecular flexibility index (Phi) is 49.0. The fourth-order valence-electron chi connectivity index (χ4n) is 0.388. The van der Waals surface area contributed by atoms with Crippen LogP contribution in [0, 0.1) is 0 Å². The first-order valence-corrected chi connectivity index (χ1v) is 2.13. The van der Waals surface area contributed by atoms with Gasteiger partial charge in [-0.1, -0.05) is 44.6 Å². The highest BCUT2D eigenvalue weighted by molar-refractivity contribution is 5.31. The van der Waals surface area contributed by atoms with Crippen LogP contribution in [0.5, 0.6) is 0 Å². The Balaban J connectivity index is -0.0000000267. The van der Waals surface area contributed by atoms with Gasteiger partial charge in [0.1, 0.15) is 5.82 Å². The summed E-state index contributed by atoms with van der Waals surface area (Å²) in [4.78, 5) is 7.24. The second-order valence-electron chi connectivity index (χ2n) is 1.34. The van der Waals surface area contributed by atoms with Crippen molar-refractivity contribution in [3.63, 3.8) is 0 Å². The van der Waals surface area contributed by atoms with Crippen molar-refractivity contribution < 1.29 is 0 Å². The Bertz CT molecular complexity index is 172. The minimum atomic E-state index is 0. The molecule has 1 aromatic rings. The van der Waals surface area contributed by atoms with Crippen LogP contribution in [-0.2, 0) is 0 Å². The van der Waals surface area contributed by atoms with Gasteiger partial charge in [0.05, 0.1) is 0 Å². The lowest BCUT2D eigenvalue weighted by molar-refractivity contribution is 1.19. The molecule has 90 valence electrons. The van der Waals surface area contributed by atoms with Crippen molar-refractivity contribution in [1.29, 1.82) is 0 Å². The Morgan fingerprint density at radius 2 is 1.29 bits per heavy atom. The Hall–Kier alpha value is -1.32. The van der Waals surface area contributed by atoms with E-state index in [9.17, 15) is 0 Å². The van der Waals surface area contributed by atoms with E-state index in [1.165, 1.54) is 6.20 Å². The molecule has 14 heavy (non-hydrogen) atoms. The quantitative estimate of drug-likeness (QED) is 0.681. The Labute approximate surface area is 90.8 Å². The van der Waals surface area contributed by atoms with Gasteiger partial charge in [0, 0.05) is 6.20 Å². The largest absolute Gasteiger partial charge is 0.384 e. The first-order valence-electron chi connectivity index (χ1n) is 2.13. The molecule has 0 radical (unpaired) electrons. The third-order valence-electron chi connectivity index (χ3n) is 0.696. The van der Waals surface area contributed by atoms with Crippen LogP contribution in [-0.4, -0.2) is 9.97 Å². The molecule has 4 heteroatoms. The second-order valence-corrected chi connectivity index (χ2v) is 1.34. The van der Waals surface area contributed by atoms with Gasteiger partial charge < -0.3 is 11.5 Å². The molecule has 0 aromatic carbocycles. The van der Waals surface area contributed by atoms with Crippen LogP contribution in [0.4, 0.5) is 11.8 Å². The van der Waals surface area contributed by atoms with E-state index in [2.05, 4.69) is 9.97 Å². The maximum Gasteiger partial charge on any atom is 0.221 e. The van der Waals surface area contributed by atoms with Crippen LogP contribution >= 0.6 is 0 Å². The summed E-state index contributed by atoms with van der Waals surface area (Å²) >= 11 is 0. The summed E-state index contributed by atoms with van der Waals surface area (Å²) < 4.78 is 0. The van der Waals surface area contributed by atoms with Gasteiger partial charge in [-0.05, 0) is 6.07 Å². The van der Waals surface area contributed by atoms with E-state index in [1.807, 2.05) is 0 Å².